The number of alkyl halides is 3. The second-order valence-electron chi connectivity index (χ2n) is 5.42. The fourth-order valence-electron chi connectivity index (χ4n) is 2.26. The first-order chi connectivity index (χ1) is 13.5. The quantitative estimate of drug-likeness (QED) is 0.711. The second-order valence-corrected chi connectivity index (χ2v) is 6.23. The van der Waals surface area contributed by atoms with Crippen molar-refractivity contribution in [1.82, 2.24) is 14.3 Å². The van der Waals surface area contributed by atoms with Crippen LogP contribution in [-0.2, 0) is 12.7 Å². The predicted molar refractivity (Wildman–Crippen MR) is 98.9 cm³/mol. The third-order valence-corrected chi connectivity index (χ3v) is 4.19. The Morgan fingerprint density at radius 3 is 2.41 bits per heavy atom. The first-order valence-electron chi connectivity index (χ1n) is 7.72. The van der Waals surface area contributed by atoms with Gasteiger partial charge in [0.2, 0.25) is 0 Å². The van der Waals surface area contributed by atoms with Gasteiger partial charge >= 0.3 is 11.9 Å². The maximum Gasteiger partial charge on any atom is 0.416 e. The van der Waals surface area contributed by atoms with E-state index >= 15 is 0 Å². The molecule has 0 saturated heterocycles. The van der Waals surface area contributed by atoms with Crippen molar-refractivity contribution in [1.29, 1.82) is 15.9 Å². The predicted octanol–water partition coefficient (Wildman–Crippen LogP) is 3.23. The average molecular weight is 444 g/mol. The minimum absolute atomic E-state index is 0.0736. The SMILES string of the molecule is CCn1c(C=NC(C#N)C(=N)C#N)nn(-c2c(Cl)cc(C(F)(F)F)cc2Cl)c1=O. The Labute approximate surface area is 171 Å². The van der Waals surface area contributed by atoms with Crippen LogP contribution in [0.25, 0.3) is 5.69 Å². The van der Waals surface area contributed by atoms with Gasteiger partial charge in [0.25, 0.3) is 0 Å². The minimum Gasteiger partial charge on any atom is -0.291 e. The molecule has 0 saturated carbocycles. The van der Waals surface area contributed by atoms with E-state index in [1.54, 1.807) is 13.0 Å². The summed E-state index contributed by atoms with van der Waals surface area (Å²) in [5.41, 5.74) is -2.72. The Bertz CT molecular complexity index is 1110. The van der Waals surface area contributed by atoms with Crippen LogP contribution in [0.4, 0.5) is 13.2 Å². The molecule has 1 heterocycles. The molecule has 1 atom stereocenters. The maximum atomic E-state index is 12.9. The van der Waals surface area contributed by atoms with Crippen molar-refractivity contribution in [3.05, 3.63) is 44.1 Å². The summed E-state index contributed by atoms with van der Waals surface area (Å²) in [6.45, 7) is 1.70. The van der Waals surface area contributed by atoms with Crippen molar-refractivity contribution >= 4 is 35.1 Å². The van der Waals surface area contributed by atoms with Gasteiger partial charge < -0.3 is 0 Å². The van der Waals surface area contributed by atoms with Gasteiger partial charge in [-0.15, -0.1) is 5.10 Å². The first-order valence-corrected chi connectivity index (χ1v) is 8.48. The number of benzene rings is 1. The molecule has 1 unspecified atom stereocenters. The van der Waals surface area contributed by atoms with E-state index < -0.39 is 39.2 Å². The average Bonchev–Trinajstić information content (AvgIpc) is 2.96. The lowest BCUT2D eigenvalue weighted by Gasteiger charge is -2.11. The molecule has 0 radical (unpaired) electrons. The third kappa shape index (κ3) is 4.47. The van der Waals surface area contributed by atoms with Gasteiger partial charge in [-0.3, -0.25) is 15.0 Å². The zero-order chi connectivity index (χ0) is 21.9. The van der Waals surface area contributed by atoms with Crippen LogP contribution < -0.4 is 5.69 Å². The molecule has 0 bridgehead atoms. The highest BCUT2D eigenvalue weighted by Gasteiger charge is 2.32. The summed E-state index contributed by atoms with van der Waals surface area (Å²) in [5, 5.41) is 28.1. The van der Waals surface area contributed by atoms with Gasteiger partial charge in [-0.2, -0.15) is 28.4 Å². The van der Waals surface area contributed by atoms with E-state index in [-0.39, 0.29) is 18.1 Å². The number of hydrogen-bond acceptors (Lipinski definition) is 6. The lowest BCUT2D eigenvalue weighted by molar-refractivity contribution is -0.137. The summed E-state index contributed by atoms with van der Waals surface area (Å²) >= 11 is 11.9. The molecule has 150 valence electrons. The van der Waals surface area contributed by atoms with Gasteiger partial charge in [-0.25, -0.2) is 4.79 Å². The van der Waals surface area contributed by atoms with E-state index in [0.29, 0.717) is 16.8 Å². The van der Waals surface area contributed by atoms with Crippen molar-refractivity contribution in [3.8, 4) is 17.8 Å². The van der Waals surface area contributed by atoms with Crippen LogP contribution in [0.15, 0.2) is 21.9 Å². The summed E-state index contributed by atoms with van der Waals surface area (Å²) in [5.74, 6) is -0.0736. The molecule has 2 rings (SSSR count). The van der Waals surface area contributed by atoms with Crippen LogP contribution in [0.3, 0.4) is 0 Å². The monoisotopic (exact) mass is 443 g/mol. The van der Waals surface area contributed by atoms with Gasteiger partial charge in [0.1, 0.15) is 17.5 Å². The fourth-order valence-corrected chi connectivity index (χ4v) is 2.90. The Morgan fingerprint density at radius 2 is 1.97 bits per heavy atom. The van der Waals surface area contributed by atoms with Gasteiger partial charge in [-0.05, 0) is 19.1 Å². The first kappa shape index (κ1) is 22.1. The second kappa shape index (κ2) is 8.47. The third-order valence-electron chi connectivity index (χ3n) is 3.62. The van der Waals surface area contributed by atoms with E-state index in [0.717, 1.165) is 10.8 Å². The van der Waals surface area contributed by atoms with Gasteiger partial charge in [0, 0.05) is 6.54 Å². The number of nitrogens with zero attached hydrogens (tertiary/aromatic N) is 6. The zero-order valence-electron chi connectivity index (χ0n) is 14.5. The molecular formula is C16H10Cl2F3N7O. The van der Waals surface area contributed by atoms with Crippen LogP contribution in [0.5, 0.6) is 0 Å². The summed E-state index contributed by atoms with van der Waals surface area (Å²) < 4.78 is 40.5. The molecule has 8 nitrogen and oxygen atoms in total. The molecule has 2 aromatic rings. The summed E-state index contributed by atoms with van der Waals surface area (Å²) in [4.78, 5) is 16.4. The highest BCUT2D eigenvalue weighted by molar-refractivity contribution is 6.37. The number of rotatable bonds is 5. The van der Waals surface area contributed by atoms with Crippen molar-refractivity contribution in [2.24, 2.45) is 4.99 Å². The largest absolute Gasteiger partial charge is 0.416 e. The molecule has 0 fully saturated rings. The number of nitriles is 2. The smallest absolute Gasteiger partial charge is 0.291 e. The molecule has 13 heteroatoms. The van der Waals surface area contributed by atoms with Crippen molar-refractivity contribution in [2.75, 3.05) is 0 Å². The summed E-state index contributed by atoms with van der Waals surface area (Å²) in [7, 11) is 0. The van der Waals surface area contributed by atoms with Crippen LogP contribution in [0, 0.1) is 28.1 Å². The highest BCUT2D eigenvalue weighted by atomic mass is 35.5. The molecule has 29 heavy (non-hydrogen) atoms. The van der Waals surface area contributed by atoms with Crippen molar-refractivity contribution < 1.29 is 13.2 Å². The summed E-state index contributed by atoms with van der Waals surface area (Å²) in [6, 6.07) is 2.96. The van der Waals surface area contributed by atoms with Crippen LogP contribution in [0.1, 0.15) is 18.3 Å². The van der Waals surface area contributed by atoms with Gasteiger partial charge in [-0.1, -0.05) is 23.2 Å². The van der Waals surface area contributed by atoms with Crippen LogP contribution in [0.2, 0.25) is 10.0 Å². The Balaban J connectivity index is 2.61. The minimum atomic E-state index is -4.69. The topological polar surface area (TPSA) is 124 Å². The van der Waals surface area contributed by atoms with Gasteiger partial charge in [0.05, 0.1) is 27.9 Å². The molecule has 0 aliphatic rings. The molecule has 1 aromatic carbocycles. The Morgan fingerprint density at radius 1 is 1.38 bits per heavy atom. The number of halogens is 5. The normalized spacial score (nSPS) is 12.6. The molecular weight excluding hydrogens is 434 g/mol. The van der Waals surface area contributed by atoms with E-state index in [1.807, 2.05) is 0 Å². The van der Waals surface area contributed by atoms with Crippen LogP contribution in [-0.4, -0.2) is 32.3 Å². The van der Waals surface area contributed by atoms with E-state index in [9.17, 15) is 18.0 Å². The highest BCUT2D eigenvalue weighted by Crippen LogP contribution is 2.36. The van der Waals surface area contributed by atoms with Crippen LogP contribution >= 0.6 is 23.2 Å². The fraction of sp³-hybridized carbons (Fsp3) is 0.250. The number of hydrogen-bond donors (Lipinski definition) is 1. The van der Waals surface area contributed by atoms with Crippen molar-refractivity contribution in [3.63, 3.8) is 0 Å². The molecule has 1 aromatic heterocycles. The molecule has 0 spiro atoms. The lowest BCUT2D eigenvalue weighted by atomic mass is 10.2. The van der Waals surface area contributed by atoms with E-state index in [4.69, 9.17) is 39.1 Å². The number of nitrogens with one attached hydrogen (secondary N) is 1. The van der Waals surface area contributed by atoms with E-state index in [1.165, 1.54) is 6.07 Å². The van der Waals surface area contributed by atoms with Gasteiger partial charge in [0.15, 0.2) is 11.9 Å². The zero-order valence-corrected chi connectivity index (χ0v) is 16.0. The Hall–Kier alpha value is -3.15. The maximum absolute atomic E-state index is 12.9. The molecule has 0 aliphatic heterocycles. The molecule has 0 aliphatic carbocycles. The summed E-state index contributed by atoms with van der Waals surface area (Å²) in [6.07, 6.45) is -3.68. The van der Waals surface area contributed by atoms with Crippen molar-refractivity contribution in [2.45, 2.75) is 25.7 Å². The molecule has 0 amide bonds. The number of aliphatic imine (C=N–C) groups is 1. The number of aromatic nitrogens is 3. The standard InChI is InChI=1S/C16H10Cl2F3N7O/c1-2-27-13(7-25-12(6-23)11(24)5-22)26-28(15(27)29)14-9(17)3-8(4-10(14)18)16(19,20)21/h3-4,7,12,24H,2H2,1H3. The molecule has 1 N–H and O–H groups in total. The lowest BCUT2D eigenvalue weighted by Crippen LogP contribution is -2.24. The Kier molecular flexibility index (Phi) is 6.47. The van der Waals surface area contributed by atoms with E-state index in [2.05, 4.69) is 10.1 Å².